The van der Waals surface area contributed by atoms with E-state index in [-0.39, 0.29) is 23.4 Å². The fraction of sp³-hybridized carbons (Fsp3) is 0.263. The molecule has 0 saturated heterocycles. The van der Waals surface area contributed by atoms with Crippen molar-refractivity contribution >= 4 is 40.7 Å². The number of halogens is 2. The Morgan fingerprint density at radius 2 is 1.81 bits per heavy atom. The molecule has 1 N–H and O–H groups in total. The van der Waals surface area contributed by atoms with Gasteiger partial charge in [-0.1, -0.05) is 23.2 Å². The Balaban J connectivity index is 2.08. The second-order valence-corrected chi connectivity index (χ2v) is 6.48. The van der Waals surface area contributed by atoms with Gasteiger partial charge in [-0.25, -0.2) is 0 Å². The van der Waals surface area contributed by atoms with E-state index in [1.807, 2.05) is 6.92 Å². The number of rotatable bonds is 7. The van der Waals surface area contributed by atoms with Crippen molar-refractivity contribution in [2.45, 2.75) is 6.92 Å². The van der Waals surface area contributed by atoms with Crippen LogP contribution in [0.15, 0.2) is 36.4 Å². The highest BCUT2D eigenvalue weighted by molar-refractivity contribution is 6.32. The van der Waals surface area contributed by atoms with Gasteiger partial charge < -0.3 is 19.7 Å². The van der Waals surface area contributed by atoms with Crippen LogP contribution in [-0.4, -0.2) is 44.0 Å². The molecule has 0 saturated carbocycles. The molecule has 6 nitrogen and oxygen atoms in total. The van der Waals surface area contributed by atoms with E-state index in [0.717, 1.165) is 0 Å². The van der Waals surface area contributed by atoms with Gasteiger partial charge in [0.1, 0.15) is 0 Å². The highest BCUT2D eigenvalue weighted by atomic mass is 35.5. The first-order chi connectivity index (χ1) is 12.8. The topological polar surface area (TPSA) is 67.9 Å². The monoisotopic (exact) mass is 410 g/mol. The summed E-state index contributed by atoms with van der Waals surface area (Å²) in [5, 5.41) is 3.54. The fourth-order valence-corrected chi connectivity index (χ4v) is 2.76. The quantitative estimate of drug-likeness (QED) is 0.745. The third-order valence-corrected chi connectivity index (χ3v) is 4.15. The SMILES string of the molecule is CCOc1c(Cl)cc(C(=O)N(C)CC(=O)Nc2ccc(Cl)cc2)cc1OC. The summed E-state index contributed by atoms with van der Waals surface area (Å²) in [5.41, 5.74) is 0.887. The van der Waals surface area contributed by atoms with Crippen LogP contribution < -0.4 is 14.8 Å². The molecule has 0 aliphatic carbocycles. The molecule has 2 aromatic rings. The molecular formula is C19H20Cl2N2O4. The third kappa shape index (κ3) is 5.52. The van der Waals surface area contributed by atoms with Gasteiger partial charge in [0.25, 0.3) is 5.91 Å². The Morgan fingerprint density at radius 3 is 2.41 bits per heavy atom. The molecule has 2 amide bonds. The molecule has 0 aromatic heterocycles. The van der Waals surface area contributed by atoms with Crippen molar-refractivity contribution in [1.29, 1.82) is 0 Å². The lowest BCUT2D eigenvalue weighted by Gasteiger charge is -2.18. The van der Waals surface area contributed by atoms with E-state index in [0.29, 0.717) is 34.4 Å². The Morgan fingerprint density at radius 1 is 1.15 bits per heavy atom. The molecule has 2 rings (SSSR count). The lowest BCUT2D eigenvalue weighted by atomic mass is 10.1. The van der Waals surface area contributed by atoms with Crippen LogP contribution in [0.5, 0.6) is 11.5 Å². The number of benzene rings is 2. The molecule has 8 heteroatoms. The molecule has 0 aliphatic rings. The van der Waals surface area contributed by atoms with Crippen LogP contribution in [0.1, 0.15) is 17.3 Å². The largest absolute Gasteiger partial charge is 0.493 e. The van der Waals surface area contributed by atoms with Crippen molar-refractivity contribution in [2.24, 2.45) is 0 Å². The zero-order valence-electron chi connectivity index (χ0n) is 15.2. The molecule has 0 radical (unpaired) electrons. The lowest BCUT2D eigenvalue weighted by Crippen LogP contribution is -2.35. The lowest BCUT2D eigenvalue weighted by molar-refractivity contribution is -0.116. The van der Waals surface area contributed by atoms with Gasteiger partial charge in [0.05, 0.1) is 25.3 Å². The number of ether oxygens (including phenoxy) is 2. The van der Waals surface area contributed by atoms with Crippen LogP contribution in [-0.2, 0) is 4.79 Å². The van der Waals surface area contributed by atoms with Crippen LogP contribution in [0.2, 0.25) is 10.0 Å². The number of hydrogen-bond donors (Lipinski definition) is 1. The maximum Gasteiger partial charge on any atom is 0.254 e. The Bertz CT molecular complexity index is 825. The molecule has 0 atom stereocenters. The number of amides is 2. The van der Waals surface area contributed by atoms with Crippen molar-refractivity contribution in [2.75, 3.05) is 32.6 Å². The number of methoxy groups -OCH3 is 1. The van der Waals surface area contributed by atoms with E-state index in [1.165, 1.54) is 31.2 Å². The summed E-state index contributed by atoms with van der Waals surface area (Å²) in [4.78, 5) is 26.1. The van der Waals surface area contributed by atoms with E-state index >= 15 is 0 Å². The minimum absolute atomic E-state index is 0.130. The van der Waals surface area contributed by atoms with Crippen LogP contribution in [0, 0.1) is 0 Å². The maximum absolute atomic E-state index is 12.6. The Kier molecular flexibility index (Phi) is 7.33. The van der Waals surface area contributed by atoms with Crippen LogP contribution in [0.25, 0.3) is 0 Å². The summed E-state index contributed by atoms with van der Waals surface area (Å²) in [6.07, 6.45) is 0. The Labute approximate surface area is 168 Å². The standard InChI is InChI=1S/C19H20Cl2N2O4/c1-4-27-18-15(21)9-12(10-16(18)26-3)19(25)23(2)11-17(24)22-14-7-5-13(20)6-8-14/h5-10H,4,11H2,1-3H3,(H,22,24). The van der Waals surface area contributed by atoms with Crippen molar-refractivity contribution in [3.8, 4) is 11.5 Å². The van der Waals surface area contributed by atoms with Gasteiger partial charge in [-0.3, -0.25) is 9.59 Å². The summed E-state index contributed by atoms with van der Waals surface area (Å²) in [5.74, 6) is 0.0229. The van der Waals surface area contributed by atoms with E-state index in [2.05, 4.69) is 5.32 Å². The molecule has 2 aromatic carbocycles. The van der Waals surface area contributed by atoms with Gasteiger partial charge in [0.2, 0.25) is 5.91 Å². The Hall–Kier alpha value is -2.44. The number of nitrogens with zero attached hydrogens (tertiary/aromatic N) is 1. The van der Waals surface area contributed by atoms with Crippen molar-refractivity contribution < 1.29 is 19.1 Å². The van der Waals surface area contributed by atoms with Gasteiger partial charge >= 0.3 is 0 Å². The number of carbonyl (C=O) groups excluding carboxylic acids is 2. The van der Waals surface area contributed by atoms with Crippen molar-refractivity contribution in [1.82, 2.24) is 4.90 Å². The summed E-state index contributed by atoms with van der Waals surface area (Å²) in [6, 6.07) is 9.72. The first-order valence-corrected chi connectivity index (χ1v) is 8.92. The van der Waals surface area contributed by atoms with Gasteiger partial charge in [-0.05, 0) is 43.3 Å². The molecule has 0 spiro atoms. The first kappa shape index (κ1) is 20.9. The second-order valence-electron chi connectivity index (χ2n) is 5.64. The smallest absolute Gasteiger partial charge is 0.254 e. The predicted octanol–water partition coefficient (Wildman–Crippen LogP) is 4.11. The van der Waals surface area contributed by atoms with Gasteiger partial charge in [-0.15, -0.1) is 0 Å². The van der Waals surface area contributed by atoms with E-state index in [4.69, 9.17) is 32.7 Å². The molecule has 0 aliphatic heterocycles. The molecule has 0 bridgehead atoms. The molecule has 0 fully saturated rings. The summed E-state index contributed by atoms with van der Waals surface area (Å²) in [6.45, 7) is 2.10. The molecular weight excluding hydrogens is 391 g/mol. The maximum atomic E-state index is 12.6. The van der Waals surface area contributed by atoms with E-state index in [1.54, 1.807) is 24.3 Å². The summed E-state index contributed by atoms with van der Waals surface area (Å²) in [7, 11) is 2.99. The second kappa shape index (κ2) is 9.48. The normalized spacial score (nSPS) is 10.3. The van der Waals surface area contributed by atoms with E-state index < -0.39 is 0 Å². The van der Waals surface area contributed by atoms with Crippen molar-refractivity contribution in [3.05, 3.63) is 52.0 Å². The van der Waals surface area contributed by atoms with Crippen LogP contribution >= 0.6 is 23.2 Å². The van der Waals surface area contributed by atoms with E-state index in [9.17, 15) is 9.59 Å². The van der Waals surface area contributed by atoms with Crippen LogP contribution in [0.4, 0.5) is 5.69 Å². The third-order valence-electron chi connectivity index (χ3n) is 3.62. The zero-order valence-corrected chi connectivity index (χ0v) is 16.7. The number of nitrogens with one attached hydrogen (secondary N) is 1. The minimum atomic E-state index is -0.371. The number of anilines is 1. The van der Waals surface area contributed by atoms with Gasteiger partial charge in [0.15, 0.2) is 11.5 Å². The fourth-order valence-electron chi connectivity index (χ4n) is 2.37. The highest BCUT2D eigenvalue weighted by Gasteiger charge is 2.20. The summed E-state index contributed by atoms with van der Waals surface area (Å²) >= 11 is 12.0. The number of hydrogen-bond acceptors (Lipinski definition) is 4. The highest BCUT2D eigenvalue weighted by Crippen LogP contribution is 2.36. The van der Waals surface area contributed by atoms with Gasteiger partial charge in [0, 0.05) is 23.3 Å². The number of likely N-dealkylation sites (N-methyl/N-ethyl adjacent to an activating group) is 1. The molecule has 27 heavy (non-hydrogen) atoms. The average molecular weight is 411 g/mol. The molecule has 0 heterocycles. The van der Waals surface area contributed by atoms with Gasteiger partial charge in [-0.2, -0.15) is 0 Å². The number of carbonyl (C=O) groups is 2. The predicted molar refractivity (Wildman–Crippen MR) is 106 cm³/mol. The molecule has 0 unspecified atom stereocenters. The zero-order chi connectivity index (χ0) is 20.0. The van der Waals surface area contributed by atoms with Crippen LogP contribution in [0.3, 0.4) is 0 Å². The summed E-state index contributed by atoms with van der Waals surface area (Å²) < 4.78 is 10.7. The van der Waals surface area contributed by atoms with Crippen molar-refractivity contribution in [3.63, 3.8) is 0 Å². The minimum Gasteiger partial charge on any atom is -0.493 e. The molecule has 144 valence electrons. The average Bonchev–Trinajstić information content (AvgIpc) is 2.64. The first-order valence-electron chi connectivity index (χ1n) is 8.17.